The van der Waals surface area contributed by atoms with Crippen molar-refractivity contribution in [3.63, 3.8) is 0 Å². The first-order valence-corrected chi connectivity index (χ1v) is 12.5. The zero-order valence-corrected chi connectivity index (χ0v) is 20.5. The molecular formula is C27H28N8O2. The molecule has 5 aromatic rings. The molecule has 1 aliphatic heterocycles. The summed E-state index contributed by atoms with van der Waals surface area (Å²) in [6.45, 7) is 3.90. The predicted octanol–water partition coefficient (Wildman–Crippen LogP) is 4.00. The van der Waals surface area contributed by atoms with Gasteiger partial charge >= 0.3 is 0 Å². The Hall–Kier alpha value is -4.47. The summed E-state index contributed by atoms with van der Waals surface area (Å²) in [5, 5.41) is 9.16. The fourth-order valence-corrected chi connectivity index (χ4v) is 5.17. The highest BCUT2D eigenvalue weighted by molar-refractivity contribution is 5.91. The maximum Gasteiger partial charge on any atom is 0.210 e. The lowest BCUT2D eigenvalue weighted by molar-refractivity contribution is -0.120. The Balaban J connectivity index is 1.22. The summed E-state index contributed by atoms with van der Waals surface area (Å²) in [5.74, 6) is 1.68. The summed E-state index contributed by atoms with van der Waals surface area (Å²) in [5.41, 5.74) is 3.41. The van der Waals surface area contributed by atoms with Gasteiger partial charge in [0.25, 0.3) is 0 Å². The second kappa shape index (κ2) is 9.88. The summed E-state index contributed by atoms with van der Waals surface area (Å²) >= 11 is 0. The van der Waals surface area contributed by atoms with Crippen LogP contribution in [0.4, 0.5) is 5.82 Å². The van der Waals surface area contributed by atoms with Gasteiger partial charge in [0.2, 0.25) is 6.41 Å². The summed E-state index contributed by atoms with van der Waals surface area (Å²) in [4.78, 5) is 32.3. The third-order valence-electron chi connectivity index (χ3n) is 7.19. The van der Waals surface area contributed by atoms with E-state index in [0.29, 0.717) is 13.2 Å². The van der Waals surface area contributed by atoms with Crippen molar-refractivity contribution < 1.29 is 9.53 Å². The Kier molecular flexibility index (Phi) is 6.13. The number of hydrogen-bond acceptors (Lipinski definition) is 7. The zero-order chi connectivity index (χ0) is 25.2. The van der Waals surface area contributed by atoms with E-state index in [2.05, 4.69) is 53.2 Å². The van der Waals surface area contributed by atoms with Gasteiger partial charge in [-0.1, -0.05) is 30.3 Å². The number of aromatic amines is 2. The molecule has 2 atom stereocenters. The predicted molar refractivity (Wildman–Crippen MR) is 140 cm³/mol. The summed E-state index contributed by atoms with van der Waals surface area (Å²) < 4.78 is 6.43. The van der Waals surface area contributed by atoms with Crippen molar-refractivity contribution in [1.29, 1.82) is 0 Å². The van der Waals surface area contributed by atoms with Gasteiger partial charge in [0.1, 0.15) is 24.2 Å². The molecule has 0 spiro atoms. The molecule has 188 valence electrons. The molecular weight excluding hydrogens is 468 g/mol. The van der Waals surface area contributed by atoms with Crippen LogP contribution >= 0.6 is 0 Å². The summed E-state index contributed by atoms with van der Waals surface area (Å²) in [6, 6.07) is 14.2. The smallest absolute Gasteiger partial charge is 0.210 e. The molecule has 3 aromatic heterocycles. The highest BCUT2D eigenvalue weighted by Gasteiger charge is 2.29. The number of anilines is 1. The third-order valence-corrected chi connectivity index (χ3v) is 7.19. The van der Waals surface area contributed by atoms with E-state index in [1.54, 1.807) is 23.8 Å². The van der Waals surface area contributed by atoms with Gasteiger partial charge in [-0.25, -0.2) is 15.0 Å². The Morgan fingerprint density at radius 3 is 2.89 bits per heavy atom. The SMILES string of the molecule is CC(c1cc[nH]n1)N(C=O)Cc1ccc(OCC2CCCN2c2ncnc3[nH]cnc23)c2ccccc12. The fraction of sp³-hybridized carbons (Fsp3) is 0.296. The minimum absolute atomic E-state index is 0.144. The number of carbonyl (C=O) groups excluding carboxylic acids is 1. The average Bonchev–Trinajstić information content (AvgIpc) is 3.72. The van der Waals surface area contributed by atoms with E-state index in [1.165, 1.54) is 0 Å². The van der Waals surface area contributed by atoms with Crippen LogP contribution in [0.3, 0.4) is 0 Å². The van der Waals surface area contributed by atoms with Gasteiger partial charge in [-0.15, -0.1) is 0 Å². The number of nitrogens with one attached hydrogen (secondary N) is 2. The van der Waals surface area contributed by atoms with Crippen molar-refractivity contribution in [2.24, 2.45) is 0 Å². The first-order chi connectivity index (χ1) is 18.2. The molecule has 2 N–H and O–H groups in total. The van der Waals surface area contributed by atoms with Crippen molar-refractivity contribution in [1.82, 2.24) is 35.0 Å². The second-order valence-electron chi connectivity index (χ2n) is 9.32. The number of rotatable bonds is 9. The van der Waals surface area contributed by atoms with Gasteiger partial charge in [-0.05, 0) is 42.8 Å². The molecule has 0 radical (unpaired) electrons. The Bertz CT molecular complexity index is 1520. The van der Waals surface area contributed by atoms with E-state index in [0.717, 1.165) is 70.6 Å². The maximum atomic E-state index is 12.0. The molecule has 1 fully saturated rings. The number of carbonyl (C=O) groups is 1. The number of aromatic nitrogens is 6. The van der Waals surface area contributed by atoms with Gasteiger partial charge in [-0.2, -0.15) is 5.10 Å². The number of imidazole rings is 1. The first-order valence-electron chi connectivity index (χ1n) is 12.5. The lowest BCUT2D eigenvalue weighted by Gasteiger charge is -2.26. The molecule has 6 rings (SSSR count). The topological polar surface area (TPSA) is 116 Å². The highest BCUT2D eigenvalue weighted by Crippen LogP contribution is 2.33. The van der Waals surface area contributed by atoms with Crippen LogP contribution in [0.1, 0.15) is 37.1 Å². The molecule has 2 aromatic carbocycles. The lowest BCUT2D eigenvalue weighted by Crippen LogP contribution is -2.35. The van der Waals surface area contributed by atoms with Crippen molar-refractivity contribution in [3.05, 3.63) is 72.6 Å². The average molecular weight is 497 g/mol. The van der Waals surface area contributed by atoms with Crippen molar-refractivity contribution in [2.75, 3.05) is 18.1 Å². The Morgan fingerprint density at radius 1 is 1.16 bits per heavy atom. The highest BCUT2D eigenvalue weighted by atomic mass is 16.5. The van der Waals surface area contributed by atoms with Crippen LogP contribution in [0.5, 0.6) is 5.75 Å². The zero-order valence-electron chi connectivity index (χ0n) is 20.5. The number of nitrogens with zero attached hydrogens (tertiary/aromatic N) is 6. The van der Waals surface area contributed by atoms with Gasteiger partial charge in [0.05, 0.1) is 24.1 Å². The number of fused-ring (bicyclic) bond motifs is 2. The van der Waals surface area contributed by atoms with E-state index in [-0.39, 0.29) is 12.1 Å². The van der Waals surface area contributed by atoms with Crippen molar-refractivity contribution in [3.8, 4) is 5.75 Å². The van der Waals surface area contributed by atoms with Crippen LogP contribution < -0.4 is 9.64 Å². The normalized spacial score (nSPS) is 16.4. The molecule has 1 amide bonds. The molecule has 10 heteroatoms. The number of amides is 1. The molecule has 1 saturated heterocycles. The van der Waals surface area contributed by atoms with Crippen LogP contribution in [-0.4, -0.2) is 60.6 Å². The third kappa shape index (κ3) is 4.35. The second-order valence-corrected chi connectivity index (χ2v) is 9.32. The molecule has 10 nitrogen and oxygen atoms in total. The van der Waals surface area contributed by atoms with E-state index in [9.17, 15) is 4.79 Å². The summed E-state index contributed by atoms with van der Waals surface area (Å²) in [7, 11) is 0. The van der Waals surface area contributed by atoms with Crippen LogP contribution in [0.25, 0.3) is 21.9 Å². The molecule has 0 aliphatic carbocycles. The van der Waals surface area contributed by atoms with Crippen LogP contribution in [0.15, 0.2) is 61.3 Å². The van der Waals surface area contributed by atoms with Gasteiger partial charge in [-0.3, -0.25) is 9.89 Å². The minimum Gasteiger partial charge on any atom is -0.491 e. The monoisotopic (exact) mass is 496 g/mol. The molecule has 2 unspecified atom stereocenters. The number of benzene rings is 2. The number of H-pyrrole nitrogens is 2. The Morgan fingerprint density at radius 2 is 2.05 bits per heavy atom. The van der Waals surface area contributed by atoms with E-state index in [4.69, 9.17) is 4.74 Å². The van der Waals surface area contributed by atoms with Gasteiger partial charge < -0.3 is 19.5 Å². The maximum absolute atomic E-state index is 12.0. The number of ether oxygens (including phenoxy) is 1. The Labute approximate surface area is 213 Å². The molecule has 37 heavy (non-hydrogen) atoms. The van der Waals surface area contributed by atoms with Gasteiger partial charge in [0.15, 0.2) is 11.5 Å². The fourth-order valence-electron chi connectivity index (χ4n) is 5.17. The minimum atomic E-state index is -0.144. The molecule has 0 bridgehead atoms. The lowest BCUT2D eigenvalue weighted by atomic mass is 10.0. The van der Waals surface area contributed by atoms with E-state index in [1.807, 2.05) is 31.2 Å². The molecule has 1 aliphatic rings. The van der Waals surface area contributed by atoms with E-state index < -0.39 is 0 Å². The van der Waals surface area contributed by atoms with Crippen molar-refractivity contribution in [2.45, 2.75) is 38.4 Å². The molecule has 4 heterocycles. The van der Waals surface area contributed by atoms with Crippen LogP contribution in [-0.2, 0) is 11.3 Å². The largest absolute Gasteiger partial charge is 0.491 e. The number of hydrogen-bond donors (Lipinski definition) is 2. The van der Waals surface area contributed by atoms with Crippen LogP contribution in [0.2, 0.25) is 0 Å². The van der Waals surface area contributed by atoms with Gasteiger partial charge in [0, 0.05) is 24.7 Å². The van der Waals surface area contributed by atoms with Crippen molar-refractivity contribution >= 4 is 34.2 Å². The summed E-state index contributed by atoms with van der Waals surface area (Å²) in [6.07, 6.45) is 7.97. The standard InChI is InChI=1S/C27H28N8O2/c1-18(23-10-11-32-33-23)34(17-36)13-19-8-9-24(22-7-3-2-6-21(19)22)37-14-20-5-4-12-35(20)27-25-26(29-15-28-25)30-16-31-27/h2-3,6-11,15-18,20H,4-5,12-14H2,1H3,(H,32,33)(H,28,29,30,31). The quantitative estimate of drug-likeness (QED) is 0.296. The molecule has 0 saturated carbocycles. The van der Waals surface area contributed by atoms with Crippen LogP contribution in [0, 0.1) is 0 Å². The first kappa shape index (κ1) is 23.0. The van der Waals surface area contributed by atoms with E-state index >= 15 is 0 Å².